The molecule has 0 aliphatic heterocycles. The number of hydrogen-bond donors (Lipinski definition) is 4. The predicted octanol–water partition coefficient (Wildman–Crippen LogP) is 0.189. The molecule has 1 amide bonds. The first-order valence-corrected chi connectivity index (χ1v) is 7.33. The molecule has 2 atom stereocenters. The summed E-state index contributed by atoms with van der Waals surface area (Å²) in [4.78, 5) is 21.8. The van der Waals surface area contributed by atoms with Gasteiger partial charge in [-0.2, -0.15) is 11.8 Å². The minimum atomic E-state index is -1.09. The quantitative estimate of drug-likeness (QED) is 0.457. The largest absolute Gasteiger partial charge is 0.480 e. The van der Waals surface area contributed by atoms with Gasteiger partial charge in [0, 0.05) is 17.1 Å². The highest BCUT2D eigenvalue weighted by Gasteiger charge is 2.25. The fourth-order valence-electron chi connectivity index (χ4n) is 1.70. The second kappa shape index (κ2) is 9.17. The van der Waals surface area contributed by atoms with Gasteiger partial charge in [0.1, 0.15) is 6.54 Å². The number of carboxylic acids is 1. The molecule has 0 aliphatic rings. The first kappa shape index (κ1) is 18.2. The highest BCUT2D eigenvalue weighted by atomic mass is 32.2. The molecule has 0 heterocycles. The molecule has 0 bridgehead atoms. The van der Waals surface area contributed by atoms with Crippen molar-refractivity contribution < 1.29 is 19.8 Å². The third kappa shape index (κ3) is 8.07. The van der Waals surface area contributed by atoms with E-state index in [-0.39, 0.29) is 11.4 Å². The van der Waals surface area contributed by atoms with Gasteiger partial charge in [0.2, 0.25) is 5.91 Å². The summed E-state index contributed by atoms with van der Waals surface area (Å²) >= 11 is 1.55. The van der Waals surface area contributed by atoms with Crippen molar-refractivity contribution in [1.29, 1.82) is 0 Å². The van der Waals surface area contributed by atoms with Crippen molar-refractivity contribution in [2.24, 2.45) is 5.73 Å². The van der Waals surface area contributed by atoms with Gasteiger partial charge in [0.05, 0.1) is 6.04 Å². The summed E-state index contributed by atoms with van der Waals surface area (Å²) in [6.07, 6.45) is 2.57. The molecule has 0 radical (unpaired) electrons. The first-order chi connectivity index (χ1) is 8.84. The van der Waals surface area contributed by atoms with E-state index in [1.807, 2.05) is 6.92 Å². The fourth-order valence-corrected chi connectivity index (χ4v) is 3.01. The number of carboxylic acid groups (broad SMARTS) is 1. The van der Waals surface area contributed by atoms with Gasteiger partial charge in [-0.05, 0) is 12.8 Å². The number of carbonyl (C=O) groups is 2. The topological polar surface area (TPSA) is 113 Å². The van der Waals surface area contributed by atoms with Crippen molar-refractivity contribution in [1.82, 2.24) is 5.32 Å². The summed E-state index contributed by atoms with van der Waals surface area (Å²) in [6, 6.07) is -0.737. The van der Waals surface area contributed by atoms with Crippen LogP contribution in [0.25, 0.3) is 0 Å². The summed E-state index contributed by atoms with van der Waals surface area (Å²) < 4.78 is -0.103. The maximum absolute atomic E-state index is 11.5. The number of aliphatic hydroxyl groups is 1. The zero-order valence-electron chi connectivity index (χ0n) is 11.5. The van der Waals surface area contributed by atoms with Gasteiger partial charge >= 0.3 is 5.97 Å². The molecular weight excluding hydrogens is 268 g/mol. The Hall–Kier alpha value is -0.790. The van der Waals surface area contributed by atoms with Crippen LogP contribution in [-0.2, 0) is 9.59 Å². The summed E-state index contributed by atoms with van der Waals surface area (Å²) in [5.74, 6) is -1.15. The van der Waals surface area contributed by atoms with Crippen molar-refractivity contribution in [2.45, 2.75) is 43.9 Å². The number of hydrogen-bond acceptors (Lipinski definition) is 5. The Balaban J connectivity index is 4.20. The second-order valence-corrected chi connectivity index (χ2v) is 6.31. The Bertz CT molecular complexity index is 293. The van der Waals surface area contributed by atoms with E-state index >= 15 is 0 Å². The van der Waals surface area contributed by atoms with Crippen molar-refractivity contribution in [3.05, 3.63) is 0 Å². The van der Waals surface area contributed by atoms with Crippen molar-refractivity contribution in [3.8, 4) is 0 Å². The maximum atomic E-state index is 11.5. The van der Waals surface area contributed by atoms with E-state index in [0.29, 0.717) is 12.2 Å². The molecule has 0 fully saturated rings. The van der Waals surface area contributed by atoms with Crippen LogP contribution in [0.2, 0.25) is 0 Å². The number of nitrogens with one attached hydrogen (secondary N) is 1. The molecular formula is C12H24N2O4S. The molecule has 0 spiro atoms. The van der Waals surface area contributed by atoms with Gasteiger partial charge < -0.3 is 21.3 Å². The van der Waals surface area contributed by atoms with Crippen molar-refractivity contribution >= 4 is 23.6 Å². The average molecular weight is 292 g/mol. The third-order valence-corrected chi connectivity index (χ3v) is 4.41. The van der Waals surface area contributed by atoms with Crippen LogP contribution in [0.1, 0.15) is 33.1 Å². The highest BCUT2D eigenvalue weighted by Crippen LogP contribution is 2.33. The number of rotatable bonds is 10. The van der Waals surface area contributed by atoms with E-state index in [0.717, 1.165) is 12.8 Å². The van der Waals surface area contributed by atoms with E-state index in [1.165, 1.54) is 0 Å². The molecule has 0 rings (SSSR count). The zero-order chi connectivity index (χ0) is 14.9. The van der Waals surface area contributed by atoms with Crippen LogP contribution in [0, 0.1) is 0 Å². The van der Waals surface area contributed by atoms with Gasteiger partial charge in [-0.25, -0.2) is 0 Å². The van der Waals surface area contributed by atoms with E-state index in [4.69, 9.17) is 15.9 Å². The molecule has 0 aliphatic carbocycles. The van der Waals surface area contributed by atoms with Crippen LogP contribution >= 0.6 is 11.8 Å². The van der Waals surface area contributed by atoms with Crippen LogP contribution < -0.4 is 11.1 Å². The normalized spacial score (nSPS) is 15.6. The molecule has 6 nitrogen and oxygen atoms in total. The molecule has 0 aromatic carbocycles. The molecule has 5 N–H and O–H groups in total. The Labute approximate surface area is 118 Å². The molecule has 0 unspecified atom stereocenters. The summed E-state index contributed by atoms with van der Waals surface area (Å²) in [6.45, 7) is 3.79. The molecule has 19 heavy (non-hydrogen) atoms. The average Bonchev–Trinajstić information content (AvgIpc) is 2.33. The van der Waals surface area contributed by atoms with Gasteiger partial charge in [-0.15, -0.1) is 0 Å². The first-order valence-electron chi connectivity index (χ1n) is 6.34. The Morgan fingerprint density at radius 1 is 1.42 bits per heavy atom. The monoisotopic (exact) mass is 292 g/mol. The molecule has 0 aromatic heterocycles. The van der Waals surface area contributed by atoms with Gasteiger partial charge in [0.25, 0.3) is 0 Å². The lowest BCUT2D eigenvalue weighted by Crippen LogP contribution is -2.44. The van der Waals surface area contributed by atoms with Crippen LogP contribution in [0.3, 0.4) is 0 Å². The number of amides is 1. The maximum Gasteiger partial charge on any atom is 0.322 e. The summed E-state index contributed by atoms with van der Waals surface area (Å²) in [7, 11) is 0. The minimum Gasteiger partial charge on any atom is -0.480 e. The van der Waals surface area contributed by atoms with E-state index in [9.17, 15) is 9.59 Å². The number of nitrogens with two attached hydrogens (primary N) is 1. The third-order valence-electron chi connectivity index (χ3n) is 2.78. The Kier molecular flexibility index (Phi) is 8.79. The van der Waals surface area contributed by atoms with E-state index in [2.05, 4.69) is 12.2 Å². The Morgan fingerprint density at radius 2 is 2.05 bits per heavy atom. The lowest BCUT2D eigenvalue weighted by molar-refractivity contribution is -0.138. The van der Waals surface area contributed by atoms with Gasteiger partial charge in [-0.1, -0.05) is 20.3 Å². The summed E-state index contributed by atoms with van der Waals surface area (Å²) in [5.41, 5.74) is 5.71. The van der Waals surface area contributed by atoms with Crippen molar-refractivity contribution in [3.63, 3.8) is 0 Å². The second-order valence-electron chi connectivity index (χ2n) is 4.70. The lowest BCUT2D eigenvalue weighted by Gasteiger charge is -2.29. The molecule has 0 aromatic rings. The van der Waals surface area contributed by atoms with Gasteiger partial charge in [0.15, 0.2) is 0 Å². The number of thioether (sulfide) groups is 1. The number of aliphatic hydroxyl groups excluding tert-OH is 1. The van der Waals surface area contributed by atoms with Crippen LogP contribution in [-0.4, -0.2) is 51.8 Å². The SMILES string of the molecule is CCC[C@@](C)(CCO)SC[C@H](N)C(=O)NCC(=O)O. The van der Waals surface area contributed by atoms with Crippen LogP contribution in [0.15, 0.2) is 0 Å². The van der Waals surface area contributed by atoms with Gasteiger partial charge in [-0.3, -0.25) is 9.59 Å². The number of carbonyl (C=O) groups excluding carboxylic acids is 1. The van der Waals surface area contributed by atoms with Crippen molar-refractivity contribution in [2.75, 3.05) is 18.9 Å². The van der Waals surface area contributed by atoms with E-state index < -0.39 is 24.5 Å². The minimum absolute atomic E-state index is 0.101. The number of aliphatic carboxylic acids is 1. The Morgan fingerprint density at radius 3 is 2.53 bits per heavy atom. The predicted molar refractivity (Wildman–Crippen MR) is 76.1 cm³/mol. The van der Waals surface area contributed by atoms with Crippen LogP contribution in [0.4, 0.5) is 0 Å². The smallest absolute Gasteiger partial charge is 0.322 e. The molecule has 112 valence electrons. The highest BCUT2D eigenvalue weighted by molar-refractivity contribution is 8.00. The molecule has 0 saturated heterocycles. The zero-order valence-corrected chi connectivity index (χ0v) is 12.3. The lowest BCUT2D eigenvalue weighted by atomic mass is 10.0. The fraction of sp³-hybridized carbons (Fsp3) is 0.833. The van der Waals surface area contributed by atoms with Crippen LogP contribution in [0.5, 0.6) is 0 Å². The molecule has 7 heteroatoms. The summed E-state index contributed by atoms with van der Waals surface area (Å²) in [5, 5.41) is 19.8. The molecule has 0 saturated carbocycles. The van der Waals surface area contributed by atoms with E-state index in [1.54, 1.807) is 11.8 Å². The standard InChI is InChI=1S/C12H24N2O4S/c1-3-4-12(2,5-6-15)19-8-9(13)11(18)14-7-10(16)17/h9,15H,3-8,13H2,1-2H3,(H,14,18)(H,16,17)/t9-,12-/m0/s1.